The van der Waals surface area contributed by atoms with Gasteiger partial charge in [-0.1, -0.05) is 30.3 Å². The highest BCUT2D eigenvalue weighted by molar-refractivity contribution is 7.90. The minimum atomic E-state index is -3.74. The fourth-order valence-corrected chi connectivity index (χ4v) is 3.28. The molecular weight excluding hydrogens is 369 g/mol. The van der Waals surface area contributed by atoms with Gasteiger partial charge in [-0.2, -0.15) is 4.98 Å². The van der Waals surface area contributed by atoms with Crippen LogP contribution in [-0.2, 0) is 9.84 Å². The molecule has 0 aliphatic rings. The summed E-state index contributed by atoms with van der Waals surface area (Å²) in [7, 11) is -3.74. The van der Waals surface area contributed by atoms with Gasteiger partial charge in [-0.25, -0.2) is 22.5 Å². The normalized spacial score (nSPS) is 11.8. The summed E-state index contributed by atoms with van der Waals surface area (Å²) in [5.41, 5.74) is 7.20. The molecule has 27 heavy (non-hydrogen) atoms. The number of nitrogens with two attached hydrogens (primary N) is 1. The molecule has 0 atom stereocenters. The number of para-hydroxylation sites is 1. The number of hydrogen-bond acceptors (Lipinski definition) is 6. The van der Waals surface area contributed by atoms with Crippen LogP contribution < -0.4 is 5.73 Å². The van der Waals surface area contributed by atoms with Crippen LogP contribution in [0.1, 0.15) is 0 Å². The number of hydrogen-bond donors (Lipinski definition) is 1. The Morgan fingerprint density at radius 2 is 1.67 bits per heavy atom. The molecule has 2 heterocycles. The Morgan fingerprint density at radius 3 is 2.33 bits per heavy atom. The molecule has 0 aliphatic heterocycles. The first-order valence-corrected chi connectivity index (χ1v) is 9.82. The first-order chi connectivity index (χ1) is 12.9. The second kappa shape index (κ2) is 6.13. The van der Waals surface area contributed by atoms with E-state index >= 15 is 0 Å². The number of anilines is 1. The molecule has 4 rings (SSSR count). The van der Waals surface area contributed by atoms with Gasteiger partial charge in [0.1, 0.15) is 11.6 Å². The molecule has 0 radical (unpaired) electrons. The lowest BCUT2D eigenvalue weighted by atomic mass is 10.1. The van der Waals surface area contributed by atoms with Crippen molar-refractivity contribution in [3.8, 4) is 16.9 Å². The van der Waals surface area contributed by atoms with Gasteiger partial charge in [0.2, 0.25) is 15.0 Å². The zero-order chi connectivity index (χ0) is 19.2. The number of rotatable bonds is 3. The smallest absolute Gasteiger partial charge is 0.249 e. The highest BCUT2D eigenvalue weighted by Crippen LogP contribution is 2.33. The summed E-state index contributed by atoms with van der Waals surface area (Å²) in [6, 6.07) is 15.0. The first-order valence-electron chi connectivity index (χ1n) is 7.93. The number of sulfone groups is 1. The van der Waals surface area contributed by atoms with Crippen molar-refractivity contribution >= 4 is 26.7 Å². The number of aromatic nitrogens is 4. The van der Waals surface area contributed by atoms with Crippen LogP contribution in [-0.4, -0.2) is 34.4 Å². The quantitative estimate of drug-likeness (QED) is 0.546. The van der Waals surface area contributed by atoms with E-state index in [0.29, 0.717) is 5.69 Å². The number of halogens is 1. The molecule has 0 amide bonds. The summed E-state index contributed by atoms with van der Waals surface area (Å²) in [6.07, 6.45) is 0.983. The number of nitrogen functional groups attached to an aromatic ring is 1. The van der Waals surface area contributed by atoms with E-state index < -0.39 is 20.8 Å². The van der Waals surface area contributed by atoms with Gasteiger partial charge in [0.25, 0.3) is 0 Å². The zero-order valence-electron chi connectivity index (χ0n) is 14.2. The minimum absolute atomic E-state index is 0.0741. The largest absolute Gasteiger partial charge is 0.383 e. The fourth-order valence-electron chi connectivity index (χ4n) is 2.77. The number of benzene rings is 2. The topological polar surface area (TPSA) is 104 Å². The van der Waals surface area contributed by atoms with Crippen LogP contribution in [0, 0.1) is 5.82 Å². The molecule has 7 nitrogen and oxygen atoms in total. The lowest BCUT2D eigenvalue weighted by Gasteiger charge is -2.07. The SMILES string of the molecule is CS(=O)(=O)c1nc(-c2ccccc2F)c2c(N)n(-c3ccccc3)nc2n1. The van der Waals surface area contributed by atoms with Crippen molar-refractivity contribution in [2.75, 3.05) is 12.0 Å². The maximum Gasteiger partial charge on any atom is 0.249 e. The summed E-state index contributed by atoms with van der Waals surface area (Å²) in [4.78, 5) is 8.13. The summed E-state index contributed by atoms with van der Waals surface area (Å²) in [5, 5.41) is 4.18. The molecule has 9 heteroatoms. The van der Waals surface area contributed by atoms with E-state index in [2.05, 4.69) is 15.1 Å². The molecule has 2 aromatic carbocycles. The van der Waals surface area contributed by atoms with E-state index in [0.717, 1.165) is 6.26 Å². The van der Waals surface area contributed by atoms with Gasteiger partial charge in [-0.05, 0) is 24.3 Å². The van der Waals surface area contributed by atoms with Gasteiger partial charge in [0.15, 0.2) is 5.65 Å². The van der Waals surface area contributed by atoms with E-state index in [9.17, 15) is 12.8 Å². The molecule has 2 N–H and O–H groups in total. The Kier molecular flexibility index (Phi) is 3.88. The highest BCUT2D eigenvalue weighted by Gasteiger charge is 2.23. The maximum atomic E-state index is 14.4. The summed E-state index contributed by atoms with van der Waals surface area (Å²) >= 11 is 0. The van der Waals surface area contributed by atoms with Gasteiger partial charge in [-0.15, -0.1) is 5.10 Å². The minimum Gasteiger partial charge on any atom is -0.383 e. The third kappa shape index (κ3) is 2.91. The Hall–Kier alpha value is -3.33. The van der Waals surface area contributed by atoms with Crippen molar-refractivity contribution < 1.29 is 12.8 Å². The van der Waals surface area contributed by atoms with Gasteiger partial charge in [-0.3, -0.25) is 0 Å². The molecule has 0 saturated heterocycles. The van der Waals surface area contributed by atoms with E-state index in [4.69, 9.17) is 5.73 Å². The fraction of sp³-hybridized carbons (Fsp3) is 0.0556. The van der Waals surface area contributed by atoms with Crippen molar-refractivity contribution in [3.63, 3.8) is 0 Å². The molecule has 0 unspecified atom stereocenters. The predicted octanol–water partition coefficient (Wildman–Crippen LogP) is 2.61. The standard InChI is InChI=1S/C18H14FN5O2S/c1-27(25,26)18-21-15(12-9-5-6-10-13(12)19)14-16(20)24(23-17(14)22-18)11-7-3-2-4-8-11/h2-10H,20H2,1H3. The van der Waals surface area contributed by atoms with E-state index in [1.807, 2.05) is 18.2 Å². The van der Waals surface area contributed by atoms with Crippen molar-refractivity contribution in [3.05, 3.63) is 60.4 Å². The molecule has 2 aromatic heterocycles. The van der Waals surface area contributed by atoms with Crippen molar-refractivity contribution in [1.82, 2.24) is 19.7 Å². The number of fused-ring (bicyclic) bond motifs is 1. The van der Waals surface area contributed by atoms with Crippen LogP contribution in [0.15, 0.2) is 59.8 Å². The van der Waals surface area contributed by atoms with Crippen LogP contribution in [0.4, 0.5) is 10.2 Å². The molecule has 136 valence electrons. The molecule has 0 aliphatic carbocycles. The Balaban J connectivity index is 2.12. The van der Waals surface area contributed by atoms with Gasteiger partial charge < -0.3 is 5.73 Å². The third-order valence-corrected chi connectivity index (χ3v) is 4.86. The van der Waals surface area contributed by atoms with Crippen LogP contribution in [0.3, 0.4) is 0 Å². The Labute approximate surface area is 154 Å². The molecule has 4 aromatic rings. The average Bonchev–Trinajstić information content (AvgIpc) is 2.98. The van der Waals surface area contributed by atoms with Crippen LogP contribution in [0.25, 0.3) is 28.0 Å². The molecule has 0 spiro atoms. The first kappa shape index (κ1) is 17.1. The van der Waals surface area contributed by atoms with Crippen molar-refractivity contribution in [1.29, 1.82) is 0 Å². The van der Waals surface area contributed by atoms with Crippen LogP contribution >= 0.6 is 0 Å². The molecule has 0 fully saturated rings. The third-order valence-electron chi connectivity index (χ3n) is 4.01. The average molecular weight is 383 g/mol. The lowest BCUT2D eigenvalue weighted by molar-refractivity contribution is 0.593. The van der Waals surface area contributed by atoms with Gasteiger partial charge in [0.05, 0.1) is 16.8 Å². The molecule has 0 saturated carbocycles. The van der Waals surface area contributed by atoms with Gasteiger partial charge >= 0.3 is 0 Å². The highest BCUT2D eigenvalue weighted by atomic mass is 32.2. The van der Waals surface area contributed by atoms with E-state index in [1.54, 1.807) is 18.2 Å². The predicted molar refractivity (Wildman–Crippen MR) is 99.6 cm³/mol. The van der Waals surface area contributed by atoms with Crippen molar-refractivity contribution in [2.24, 2.45) is 0 Å². The number of nitrogens with zero attached hydrogens (tertiary/aromatic N) is 4. The molecular formula is C18H14FN5O2S. The van der Waals surface area contributed by atoms with E-state index in [-0.39, 0.29) is 28.1 Å². The summed E-state index contributed by atoms with van der Waals surface area (Å²) in [6.45, 7) is 0. The van der Waals surface area contributed by atoms with Crippen LogP contribution in [0.5, 0.6) is 0 Å². The summed E-state index contributed by atoms with van der Waals surface area (Å²) < 4.78 is 39.9. The Morgan fingerprint density at radius 1 is 1.00 bits per heavy atom. The second-order valence-corrected chi connectivity index (χ2v) is 7.85. The zero-order valence-corrected chi connectivity index (χ0v) is 15.0. The van der Waals surface area contributed by atoms with Gasteiger partial charge in [0, 0.05) is 11.8 Å². The Bertz CT molecular complexity index is 1270. The second-order valence-electron chi connectivity index (χ2n) is 5.94. The lowest BCUT2D eigenvalue weighted by Crippen LogP contribution is -2.06. The summed E-state index contributed by atoms with van der Waals surface area (Å²) in [5.74, 6) is -0.363. The van der Waals surface area contributed by atoms with Crippen LogP contribution in [0.2, 0.25) is 0 Å². The van der Waals surface area contributed by atoms with Crippen molar-refractivity contribution in [2.45, 2.75) is 5.16 Å². The maximum absolute atomic E-state index is 14.4. The van der Waals surface area contributed by atoms with E-state index in [1.165, 1.54) is 22.9 Å². The molecule has 0 bridgehead atoms. The monoisotopic (exact) mass is 383 g/mol.